The van der Waals surface area contributed by atoms with Crippen molar-refractivity contribution < 1.29 is 4.79 Å². The maximum atomic E-state index is 12.5. The van der Waals surface area contributed by atoms with Crippen LogP contribution in [0.3, 0.4) is 0 Å². The van der Waals surface area contributed by atoms with E-state index in [0.29, 0.717) is 30.0 Å². The zero-order chi connectivity index (χ0) is 12.7. The minimum Gasteiger partial charge on any atom is -0.299 e. The Morgan fingerprint density at radius 2 is 2.00 bits per heavy atom. The largest absolute Gasteiger partial charge is 0.299 e. The SMILES string of the molecule is CCc1cc(CC(=O)C(C2CC2)C2CC2)n(C)n1. The summed E-state index contributed by atoms with van der Waals surface area (Å²) < 4.78 is 1.88. The molecule has 0 bridgehead atoms. The van der Waals surface area contributed by atoms with Crippen LogP contribution in [0.2, 0.25) is 0 Å². The smallest absolute Gasteiger partial charge is 0.142 e. The summed E-state index contributed by atoms with van der Waals surface area (Å²) in [6.45, 7) is 2.10. The van der Waals surface area contributed by atoms with Crippen LogP contribution in [0.1, 0.15) is 44.0 Å². The zero-order valence-electron chi connectivity index (χ0n) is 11.4. The van der Waals surface area contributed by atoms with E-state index in [1.165, 1.54) is 25.7 Å². The van der Waals surface area contributed by atoms with E-state index in [1.54, 1.807) is 0 Å². The van der Waals surface area contributed by atoms with Gasteiger partial charge in [-0.3, -0.25) is 9.48 Å². The Hall–Kier alpha value is -1.12. The number of hydrogen-bond acceptors (Lipinski definition) is 2. The van der Waals surface area contributed by atoms with Gasteiger partial charge in [-0.15, -0.1) is 0 Å². The number of rotatable bonds is 6. The Morgan fingerprint density at radius 1 is 1.39 bits per heavy atom. The highest BCUT2D eigenvalue weighted by Crippen LogP contribution is 2.49. The van der Waals surface area contributed by atoms with Crippen LogP contribution in [0.4, 0.5) is 0 Å². The van der Waals surface area contributed by atoms with E-state index in [9.17, 15) is 4.79 Å². The molecule has 0 aromatic carbocycles. The number of carbonyl (C=O) groups is 1. The fourth-order valence-corrected chi connectivity index (χ4v) is 3.03. The molecular formula is C15H22N2O. The molecule has 2 fully saturated rings. The van der Waals surface area contributed by atoms with Crippen molar-refractivity contribution in [2.24, 2.45) is 24.8 Å². The third-order valence-electron chi connectivity index (χ3n) is 4.38. The van der Waals surface area contributed by atoms with Crippen molar-refractivity contribution in [3.8, 4) is 0 Å². The molecule has 0 saturated heterocycles. The summed E-state index contributed by atoms with van der Waals surface area (Å²) in [7, 11) is 1.95. The molecule has 18 heavy (non-hydrogen) atoms. The minimum absolute atomic E-state index is 0.366. The van der Waals surface area contributed by atoms with Crippen molar-refractivity contribution in [1.29, 1.82) is 0 Å². The normalized spacial score (nSPS) is 19.5. The van der Waals surface area contributed by atoms with Crippen LogP contribution in [-0.4, -0.2) is 15.6 Å². The number of hydrogen-bond donors (Lipinski definition) is 0. The van der Waals surface area contributed by atoms with Gasteiger partial charge >= 0.3 is 0 Å². The second-order valence-corrected chi connectivity index (χ2v) is 5.95. The first-order valence-electron chi connectivity index (χ1n) is 7.23. The predicted molar refractivity (Wildman–Crippen MR) is 70.2 cm³/mol. The highest BCUT2D eigenvalue weighted by Gasteiger charge is 2.45. The predicted octanol–water partition coefficient (Wildman–Crippen LogP) is 2.53. The fourth-order valence-electron chi connectivity index (χ4n) is 3.03. The van der Waals surface area contributed by atoms with Crippen LogP contribution in [-0.2, 0) is 24.7 Å². The lowest BCUT2D eigenvalue weighted by molar-refractivity contribution is -0.123. The van der Waals surface area contributed by atoms with Crippen LogP contribution in [0.25, 0.3) is 0 Å². The molecule has 3 rings (SSSR count). The Balaban J connectivity index is 1.70. The van der Waals surface area contributed by atoms with Gasteiger partial charge in [0.05, 0.1) is 5.69 Å². The summed E-state index contributed by atoms with van der Waals surface area (Å²) in [4.78, 5) is 12.5. The summed E-state index contributed by atoms with van der Waals surface area (Å²) >= 11 is 0. The van der Waals surface area contributed by atoms with Crippen molar-refractivity contribution in [2.45, 2.75) is 45.4 Å². The average molecular weight is 246 g/mol. The van der Waals surface area contributed by atoms with Crippen LogP contribution in [0, 0.1) is 17.8 Å². The average Bonchev–Trinajstić information content (AvgIpc) is 3.23. The summed E-state index contributed by atoms with van der Waals surface area (Å²) in [5.41, 5.74) is 2.18. The molecule has 0 N–H and O–H groups in total. The summed E-state index contributed by atoms with van der Waals surface area (Å²) in [5, 5.41) is 4.43. The molecule has 1 aromatic rings. The lowest BCUT2D eigenvalue weighted by Gasteiger charge is -2.13. The molecule has 0 unspecified atom stereocenters. The van der Waals surface area contributed by atoms with Gasteiger partial charge in [0.1, 0.15) is 5.78 Å². The number of Topliss-reactive ketones (excluding diaryl/α,β-unsaturated/α-hetero) is 1. The van der Waals surface area contributed by atoms with Gasteiger partial charge in [0.2, 0.25) is 0 Å². The van der Waals surface area contributed by atoms with E-state index in [-0.39, 0.29) is 0 Å². The monoisotopic (exact) mass is 246 g/mol. The van der Waals surface area contributed by atoms with Gasteiger partial charge in [0, 0.05) is 25.1 Å². The van der Waals surface area contributed by atoms with Gasteiger partial charge in [-0.1, -0.05) is 6.92 Å². The van der Waals surface area contributed by atoms with Gasteiger partial charge in [0.25, 0.3) is 0 Å². The number of nitrogens with zero attached hydrogens (tertiary/aromatic N) is 2. The van der Waals surface area contributed by atoms with Crippen molar-refractivity contribution in [1.82, 2.24) is 9.78 Å². The summed E-state index contributed by atoms with van der Waals surface area (Å²) in [6.07, 6.45) is 6.63. The van der Waals surface area contributed by atoms with E-state index in [4.69, 9.17) is 0 Å². The van der Waals surface area contributed by atoms with Crippen LogP contribution >= 0.6 is 0 Å². The molecule has 98 valence electrons. The highest BCUT2D eigenvalue weighted by molar-refractivity contribution is 5.84. The van der Waals surface area contributed by atoms with Crippen LogP contribution < -0.4 is 0 Å². The van der Waals surface area contributed by atoms with Crippen molar-refractivity contribution >= 4 is 5.78 Å². The second kappa shape index (κ2) is 4.52. The van der Waals surface area contributed by atoms with E-state index in [2.05, 4.69) is 18.1 Å². The molecule has 1 aromatic heterocycles. The topological polar surface area (TPSA) is 34.9 Å². The van der Waals surface area contributed by atoms with Gasteiger partial charge in [-0.05, 0) is 50.0 Å². The van der Waals surface area contributed by atoms with Crippen LogP contribution in [0.15, 0.2) is 6.07 Å². The molecule has 2 aliphatic carbocycles. The first-order valence-corrected chi connectivity index (χ1v) is 7.23. The standard InChI is InChI=1S/C15H22N2O/c1-3-12-8-13(17(2)16-12)9-14(18)15(10-4-5-10)11-6-7-11/h8,10-11,15H,3-7,9H2,1-2H3. The number of ketones is 1. The van der Waals surface area contributed by atoms with Crippen molar-refractivity contribution in [3.05, 3.63) is 17.5 Å². The lowest BCUT2D eigenvalue weighted by atomic mass is 9.90. The Kier molecular flexibility index (Phi) is 3.00. The molecule has 0 spiro atoms. The van der Waals surface area contributed by atoms with E-state index >= 15 is 0 Å². The Labute approximate surface area is 109 Å². The van der Waals surface area contributed by atoms with Crippen LogP contribution in [0.5, 0.6) is 0 Å². The molecule has 1 heterocycles. The zero-order valence-corrected chi connectivity index (χ0v) is 11.4. The molecule has 0 atom stereocenters. The number of aryl methyl sites for hydroxylation is 2. The number of carbonyl (C=O) groups excluding carboxylic acids is 1. The van der Waals surface area contributed by atoms with Crippen molar-refractivity contribution in [2.75, 3.05) is 0 Å². The molecule has 0 aliphatic heterocycles. The third-order valence-corrected chi connectivity index (χ3v) is 4.38. The first-order chi connectivity index (χ1) is 8.69. The fraction of sp³-hybridized carbons (Fsp3) is 0.733. The van der Waals surface area contributed by atoms with E-state index in [1.807, 2.05) is 11.7 Å². The molecule has 3 heteroatoms. The Bertz CT molecular complexity index is 443. The second-order valence-electron chi connectivity index (χ2n) is 5.95. The Morgan fingerprint density at radius 3 is 2.44 bits per heavy atom. The van der Waals surface area contributed by atoms with E-state index < -0.39 is 0 Å². The van der Waals surface area contributed by atoms with Gasteiger partial charge in [-0.25, -0.2) is 0 Å². The van der Waals surface area contributed by atoms with Crippen molar-refractivity contribution in [3.63, 3.8) is 0 Å². The number of aromatic nitrogens is 2. The maximum absolute atomic E-state index is 12.5. The molecular weight excluding hydrogens is 224 g/mol. The molecule has 0 radical (unpaired) electrons. The molecule has 0 amide bonds. The van der Waals surface area contributed by atoms with Gasteiger partial charge in [0.15, 0.2) is 0 Å². The molecule has 2 aliphatic rings. The minimum atomic E-state index is 0.366. The molecule has 2 saturated carbocycles. The van der Waals surface area contributed by atoms with E-state index in [0.717, 1.165) is 17.8 Å². The summed E-state index contributed by atoms with van der Waals surface area (Å²) in [5.74, 6) is 2.25. The van der Waals surface area contributed by atoms with Gasteiger partial charge < -0.3 is 0 Å². The van der Waals surface area contributed by atoms with Gasteiger partial charge in [-0.2, -0.15) is 5.10 Å². The first kappa shape index (κ1) is 11.9. The highest BCUT2D eigenvalue weighted by atomic mass is 16.1. The molecule has 3 nitrogen and oxygen atoms in total. The maximum Gasteiger partial charge on any atom is 0.142 e. The lowest BCUT2D eigenvalue weighted by Crippen LogP contribution is -2.22. The summed E-state index contributed by atoms with van der Waals surface area (Å²) in [6, 6.07) is 2.09. The quantitative estimate of drug-likeness (QED) is 0.773. The third kappa shape index (κ3) is 2.36.